The average Bonchev–Trinajstić information content (AvgIpc) is 2.67. The Morgan fingerprint density at radius 2 is 2.05 bits per heavy atom. The van der Waals surface area contributed by atoms with Crippen LogP contribution in [0.25, 0.3) is 0 Å². The van der Waals surface area contributed by atoms with Gasteiger partial charge < -0.3 is 19.4 Å². The van der Waals surface area contributed by atoms with E-state index >= 15 is 0 Å². The van der Waals surface area contributed by atoms with Gasteiger partial charge in [-0.3, -0.25) is 0 Å². The van der Waals surface area contributed by atoms with Crippen molar-refractivity contribution < 1.29 is 9.47 Å². The van der Waals surface area contributed by atoms with Gasteiger partial charge in [-0.1, -0.05) is 0 Å². The fraction of sp³-hybridized carbons (Fsp3) is 0.786. The van der Waals surface area contributed by atoms with Crippen molar-refractivity contribution in [2.75, 3.05) is 32.2 Å². The number of unbranched alkanes of at least 4 members (excludes halogenated alkanes) is 1. The van der Waals surface area contributed by atoms with Crippen molar-refractivity contribution in [3.63, 3.8) is 0 Å². The maximum absolute atomic E-state index is 5.45. The Morgan fingerprint density at radius 3 is 2.74 bits per heavy atom. The maximum Gasteiger partial charge on any atom is 0.203 e. The Kier molecular flexibility index (Phi) is 7.52. The minimum atomic E-state index is 0.401. The number of ether oxygens (including phenoxy) is 2. The van der Waals surface area contributed by atoms with E-state index in [1.54, 1.807) is 7.11 Å². The molecular weight excluding hydrogens is 242 g/mol. The largest absolute Gasteiger partial charge is 0.382 e. The van der Waals surface area contributed by atoms with Gasteiger partial charge >= 0.3 is 0 Å². The van der Waals surface area contributed by atoms with Gasteiger partial charge in [0.15, 0.2) is 0 Å². The molecule has 0 spiro atoms. The first kappa shape index (κ1) is 16.0. The van der Waals surface area contributed by atoms with E-state index in [1.807, 2.05) is 6.92 Å². The van der Waals surface area contributed by atoms with Crippen LogP contribution in [0.3, 0.4) is 0 Å². The molecule has 110 valence electrons. The molecule has 1 N–H and O–H groups in total. The molecule has 0 unspecified atom stereocenters. The molecule has 0 bridgehead atoms. The maximum atomic E-state index is 5.45. The SMILES string of the molecule is COCCOCCCCn1cc(C)nc1NC(C)C. The zero-order valence-corrected chi connectivity index (χ0v) is 12.6. The van der Waals surface area contributed by atoms with Crippen molar-refractivity contribution in [1.82, 2.24) is 9.55 Å². The highest BCUT2D eigenvalue weighted by atomic mass is 16.5. The molecule has 0 aliphatic heterocycles. The summed E-state index contributed by atoms with van der Waals surface area (Å²) in [6.07, 6.45) is 4.24. The zero-order chi connectivity index (χ0) is 14.1. The predicted octanol–water partition coefficient (Wildman–Crippen LogP) is 2.46. The number of imidazole rings is 1. The van der Waals surface area contributed by atoms with E-state index in [-0.39, 0.29) is 0 Å². The van der Waals surface area contributed by atoms with E-state index in [1.165, 1.54) is 0 Å². The molecule has 0 atom stereocenters. The van der Waals surface area contributed by atoms with E-state index < -0.39 is 0 Å². The summed E-state index contributed by atoms with van der Waals surface area (Å²) in [6, 6.07) is 0.401. The molecule has 0 aliphatic carbocycles. The number of anilines is 1. The van der Waals surface area contributed by atoms with E-state index in [0.29, 0.717) is 19.3 Å². The lowest BCUT2D eigenvalue weighted by Crippen LogP contribution is -2.14. The zero-order valence-electron chi connectivity index (χ0n) is 12.6. The summed E-state index contributed by atoms with van der Waals surface area (Å²) in [5.41, 5.74) is 1.06. The molecule has 0 saturated heterocycles. The molecule has 0 radical (unpaired) electrons. The van der Waals surface area contributed by atoms with Crippen LogP contribution in [0.5, 0.6) is 0 Å². The standard InChI is InChI=1S/C14H27N3O2/c1-12(2)15-14-16-13(3)11-17(14)7-5-6-8-19-10-9-18-4/h11-12H,5-10H2,1-4H3,(H,15,16). The summed E-state index contributed by atoms with van der Waals surface area (Å²) < 4.78 is 12.6. The van der Waals surface area contributed by atoms with Gasteiger partial charge in [0.25, 0.3) is 0 Å². The first-order valence-electron chi connectivity index (χ1n) is 7.00. The monoisotopic (exact) mass is 269 g/mol. The fourth-order valence-electron chi connectivity index (χ4n) is 1.82. The van der Waals surface area contributed by atoms with Gasteiger partial charge in [-0.05, 0) is 33.6 Å². The summed E-state index contributed by atoms with van der Waals surface area (Å²) in [6.45, 7) is 9.39. The molecule has 0 fully saturated rings. The minimum Gasteiger partial charge on any atom is -0.382 e. The highest BCUT2D eigenvalue weighted by Crippen LogP contribution is 2.11. The minimum absolute atomic E-state index is 0.401. The molecule has 5 heteroatoms. The second kappa shape index (κ2) is 8.93. The van der Waals surface area contributed by atoms with Crippen LogP contribution in [0.15, 0.2) is 6.20 Å². The Balaban J connectivity index is 2.24. The Labute approximate surface area is 116 Å². The number of hydrogen-bond acceptors (Lipinski definition) is 4. The first-order chi connectivity index (χ1) is 9.13. The first-order valence-corrected chi connectivity index (χ1v) is 7.00. The quantitative estimate of drug-likeness (QED) is 0.663. The lowest BCUT2D eigenvalue weighted by Gasteiger charge is -2.12. The molecule has 1 heterocycles. The second-order valence-corrected chi connectivity index (χ2v) is 5.01. The highest BCUT2D eigenvalue weighted by molar-refractivity contribution is 5.29. The summed E-state index contributed by atoms with van der Waals surface area (Å²) in [7, 11) is 1.69. The van der Waals surface area contributed by atoms with Crippen LogP contribution < -0.4 is 5.32 Å². The number of rotatable bonds is 10. The third-order valence-electron chi connectivity index (χ3n) is 2.68. The predicted molar refractivity (Wildman–Crippen MR) is 77.7 cm³/mol. The van der Waals surface area contributed by atoms with Gasteiger partial charge in [0.2, 0.25) is 5.95 Å². The molecule has 1 aromatic heterocycles. The molecule has 0 aromatic carbocycles. The van der Waals surface area contributed by atoms with Gasteiger partial charge in [-0.2, -0.15) is 0 Å². The second-order valence-electron chi connectivity index (χ2n) is 5.01. The average molecular weight is 269 g/mol. The van der Waals surface area contributed by atoms with Crippen molar-refractivity contribution in [2.24, 2.45) is 0 Å². The highest BCUT2D eigenvalue weighted by Gasteiger charge is 2.06. The van der Waals surface area contributed by atoms with Crippen LogP contribution in [0.1, 0.15) is 32.4 Å². The summed E-state index contributed by atoms with van der Waals surface area (Å²) in [5.74, 6) is 0.966. The van der Waals surface area contributed by atoms with Crippen LogP contribution in [-0.2, 0) is 16.0 Å². The topological polar surface area (TPSA) is 48.3 Å². The Bertz CT molecular complexity index is 350. The number of methoxy groups -OCH3 is 1. The van der Waals surface area contributed by atoms with E-state index in [9.17, 15) is 0 Å². The third-order valence-corrected chi connectivity index (χ3v) is 2.68. The number of aromatic nitrogens is 2. The Morgan fingerprint density at radius 1 is 1.26 bits per heavy atom. The molecular formula is C14H27N3O2. The van der Waals surface area contributed by atoms with Crippen LogP contribution >= 0.6 is 0 Å². The van der Waals surface area contributed by atoms with Gasteiger partial charge in [-0.15, -0.1) is 0 Å². The van der Waals surface area contributed by atoms with Gasteiger partial charge in [0.1, 0.15) is 0 Å². The van der Waals surface area contributed by atoms with Gasteiger partial charge in [0.05, 0.1) is 18.9 Å². The summed E-state index contributed by atoms with van der Waals surface area (Å²) in [4.78, 5) is 4.49. The summed E-state index contributed by atoms with van der Waals surface area (Å²) in [5, 5.41) is 3.37. The number of aryl methyl sites for hydroxylation is 2. The van der Waals surface area contributed by atoms with Crippen molar-refractivity contribution in [1.29, 1.82) is 0 Å². The van der Waals surface area contributed by atoms with Crippen molar-refractivity contribution in [2.45, 2.75) is 46.2 Å². The molecule has 19 heavy (non-hydrogen) atoms. The van der Waals surface area contributed by atoms with E-state index in [4.69, 9.17) is 9.47 Å². The van der Waals surface area contributed by atoms with Gasteiger partial charge in [0, 0.05) is 32.5 Å². The Hall–Kier alpha value is -1.07. The lowest BCUT2D eigenvalue weighted by atomic mass is 10.3. The van der Waals surface area contributed by atoms with Crippen molar-refractivity contribution in [3.8, 4) is 0 Å². The normalized spacial score (nSPS) is 11.2. The number of nitrogens with one attached hydrogen (secondary N) is 1. The van der Waals surface area contributed by atoms with Gasteiger partial charge in [-0.25, -0.2) is 4.98 Å². The van der Waals surface area contributed by atoms with Crippen molar-refractivity contribution in [3.05, 3.63) is 11.9 Å². The van der Waals surface area contributed by atoms with Crippen LogP contribution in [0, 0.1) is 6.92 Å². The molecule has 1 aromatic rings. The van der Waals surface area contributed by atoms with E-state index in [0.717, 1.165) is 37.6 Å². The van der Waals surface area contributed by atoms with E-state index in [2.05, 4.69) is 34.9 Å². The van der Waals surface area contributed by atoms with Crippen molar-refractivity contribution >= 4 is 5.95 Å². The fourth-order valence-corrected chi connectivity index (χ4v) is 1.82. The molecule has 0 aliphatic rings. The van der Waals surface area contributed by atoms with Crippen LogP contribution in [-0.4, -0.2) is 42.5 Å². The lowest BCUT2D eigenvalue weighted by molar-refractivity contribution is 0.0684. The smallest absolute Gasteiger partial charge is 0.203 e. The molecule has 0 amide bonds. The summed E-state index contributed by atoms with van der Waals surface area (Å²) >= 11 is 0. The molecule has 1 rings (SSSR count). The van der Waals surface area contributed by atoms with Crippen LogP contribution in [0.2, 0.25) is 0 Å². The molecule has 0 saturated carbocycles. The van der Waals surface area contributed by atoms with Crippen LogP contribution in [0.4, 0.5) is 5.95 Å². The number of nitrogens with zero attached hydrogens (tertiary/aromatic N) is 2. The molecule has 5 nitrogen and oxygen atoms in total. The number of hydrogen-bond donors (Lipinski definition) is 1. The third kappa shape index (κ3) is 6.59.